The largest absolute Gasteiger partial charge is 0.406 e. The Morgan fingerprint density at radius 2 is 2.06 bits per heavy atom. The fraction of sp³-hybridized carbons (Fsp3) is 0.917. The lowest BCUT2D eigenvalue weighted by Gasteiger charge is -2.32. The van der Waals surface area contributed by atoms with Crippen molar-refractivity contribution in [1.82, 2.24) is 4.90 Å². The zero-order chi connectivity index (χ0) is 13.9. The minimum absolute atomic E-state index is 0.0759. The first-order valence-corrected chi connectivity index (χ1v) is 6.28. The van der Waals surface area contributed by atoms with Gasteiger partial charge in [-0.15, -0.1) is 0 Å². The van der Waals surface area contributed by atoms with Crippen molar-refractivity contribution in [3.63, 3.8) is 0 Å². The molecule has 1 amide bonds. The normalized spacial score (nSPS) is 26.8. The Hall–Kier alpha value is -0.780. The van der Waals surface area contributed by atoms with E-state index in [1.54, 1.807) is 6.92 Å². The fourth-order valence-electron chi connectivity index (χ4n) is 2.62. The van der Waals surface area contributed by atoms with Crippen molar-refractivity contribution in [1.29, 1.82) is 0 Å². The quantitative estimate of drug-likeness (QED) is 0.851. The van der Waals surface area contributed by atoms with E-state index in [9.17, 15) is 18.0 Å². The Labute approximate surface area is 106 Å². The van der Waals surface area contributed by atoms with Crippen molar-refractivity contribution in [3.05, 3.63) is 0 Å². The van der Waals surface area contributed by atoms with Crippen molar-refractivity contribution >= 4 is 5.91 Å². The maximum absolute atomic E-state index is 12.2. The van der Waals surface area contributed by atoms with E-state index in [0.717, 1.165) is 30.6 Å². The smallest absolute Gasteiger partial charge is 0.336 e. The molecule has 1 aliphatic carbocycles. The predicted molar refractivity (Wildman–Crippen MR) is 62.8 cm³/mol. The standard InChI is InChI=1S/C12H21F3N2O/c1-8(9-4-3-5-10(16)6-9)11(18)17(2)7-12(13,14)15/h8-10H,3-7,16H2,1-2H3. The summed E-state index contributed by atoms with van der Waals surface area (Å²) in [6.45, 7) is 0.521. The molecule has 0 bridgehead atoms. The molecule has 0 heterocycles. The third kappa shape index (κ3) is 4.48. The van der Waals surface area contributed by atoms with E-state index < -0.39 is 18.6 Å². The Balaban J connectivity index is 2.54. The minimum atomic E-state index is -4.34. The lowest BCUT2D eigenvalue weighted by molar-refractivity contribution is -0.161. The van der Waals surface area contributed by atoms with Gasteiger partial charge < -0.3 is 10.6 Å². The summed E-state index contributed by atoms with van der Waals surface area (Å²) in [5.41, 5.74) is 5.84. The highest BCUT2D eigenvalue weighted by molar-refractivity contribution is 5.78. The highest BCUT2D eigenvalue weighted by atomic mass is 19.4. The first kappa shape index (κ1) is 15.3. The summed E-state index contributed by atoms with van der Waals surface area (Å²) in [4.78, 5) is 12.7. The molecule has 6 heteroatoms. The zero-order valence-corrected chi connectivity index (χ0v) is 10.8. The number of rotatable bonds is 3. The number of halogens is 3. The monoisotopic (exact) mass is 266 g/mol. The van der Waals surface area contributed by atoms with Gasteiger partial charge in [0, 0.05) is 19.0 Å². The van der Waals surface area contributed by atoms with Crippen LogP contribution in [0.4, 0.5) is 13.2 Å². The number of nitrogens with two attached hydrogens (primary N) is 1. The lowest BCUT2D eigenvalue weighted by Crippen LogP contribution is -2.42. The van der Waals surface area contributed by atoms with Crippen molar-refractivity contribution in [2.75, 3.05) is 13.6 Å². The van der Waals surface area contributed by atoms with Crippen molar-refractivity contribution in [3.8, 4) is 0 Å². The van der Waals surface area contributed by atoms with E-state index in [1.165, 1.54) is 7.05 Å². The van der Waals surface area contributed by atoms with Crippen LogP contribution in [0.1, 0.15) is 32.6 Å². The number of alkyl halides is 3. The molecular weight excluding hydrogens is 245 g/mol. The fourth-order valence-corrected chi connectivity index (χ4v) is 2.62. The molecule has 18 heavy (non-hydrogen) atoms. The minimum Gasteiger partial charge on any atom is -0.336 e. The van der Waals surface area contributed by atoms with Gasteiger partial charge in [-0.25, -0.2) is 0 Å². The van der Waals surface area contributed by atoms with Crippen LogP contribution in [0.3, 0.4) is 0 Å². The van der Waals surface area contributed by atoms with Gasteiger partial charge in [-0.3, -0.25) is 4.79 Å². The van der Waals surface area contributed by atoms with E-state index >= 15 is 0 Å². The van der Waals surface area contributed by atoms with Gasteiger partial charge in [0.05, 0.1) is 0 Å². The molecule has 0 spiro atoms. The van der Waals surface area contributed by atoms with Crippen LogP contribution in [-0.4, -0.2) is 36.6 Å². The van der Waals surface area contributed by atoms with E-state index in [2.05, 4.69) is 0 Å². The van der Waals surface area contributed by atoms with Crippen LogP contribution in [0.25, 0.3) is 0 Å². The van der Waals surface area contributed by atoms with Crippen molar-refractivity contribution in [2.24, 2.45) is 17.6 Å². The SMILES string of the molecule is CC(C(=O)N(C)CC(F)(F)F)C1CCCC(N)C1. The molecule has 3 nitrogen and oxygen atoms in total. The number of hydrogen-bond donors (Lipinski definition) is 1. The van der Waals surface area contributed by atoms with Crippen LogP contribution in [0.5, 0.6) is 0 Å². The molecule has 0 aromatic heterocycles. The van der Waals surface area contributed by atoms with Crippen molar-refractivity contribution in [2.45, 2.75) is 44.8 Å². The van der Waals surface area contributed by atoms with Crippen LogP contribution >= 0.6 is 0 Å². The molecule has 3 unspecified atom stereocenters. The number of carbonyl (C=O) groups is 1. The predicted octanol–water partition coefficient (Wildman–Crippen LogP) is 2.16. The molecule has 1 aliphatic rings. The van der Waals surface area contributed by atoms with Gasteiger partial charge >= 0.3 is 6.18 Å². The first-order valence-electron chi connectivity index (χ1n) is 6.28. The van der Waals surface area contributed by atoms with Gasteiger partial charge in [0.2, 0.25) is 5.91 Å². The molecular formula is C12H21F3N2O. The van der Waals surface area contributed by atoms with E-state index in [1.807, 2.05) is 0 Å². The van der Waals surface area contributed by atoms with Crippen LogP contribution in [-0.2, 0) is 4.79 Å². The Kier molecular flexibility index (Phi) is 5.01. The highest BCUT2D eigenvalue weighted by Gasteiger charge is 2.35. The molecule has 1 saturated carbocycles. The summed E-state index contributed by atoms with van der Waals surface area (Å²) < 4.78 is 36.7. The summed E-state index contributed by atoms with van der Waals surface area (Å²) in [7, 11) is 1.20. The highest BCUT2D eigenvalue weighted by Crippen LogP contribution is 2.30. The zero-order valence-electron chi connectivity index (χ0n) is 10.8. The van der Waals surface area contributed by atoms with E-state index in [0.29, 0.717) is 0 Å². The molecule has 1 fully saturated rings. The Bertz CT molecular complexity index is 294. The number of carbonyl (C=O) groups excluding carboxylic acids is 1. The summed E-state index contributed by atoms with van der Waals surface area (Å²) in [6, 6.07) is 0.0759. The number of nitrogens with zero attached hydrogens (tertiary/aromatic N) is 1. The molecule has 0 saturated heterocycles. The maximum Gasteiger partial charge on any atom is 0.406 e. The lowest BCUT2D eigenvalue weighted by atomic mass is 9.78. The second-order valence-corrected chi connectivity index (χ2v) is 5.28. The molecule has 3 atom stereocenters. The van der Waals surface area contributed by atoms with Crippen LogP contribution in [0, 0.1) is 11.8 Å². The summed E-state index contributed by atoms with van der Waals surface area (Å²) in [5.74, 6) is -0.716. The van der Waals surface area contributed by atoms with Crippen LogP contribution in [0.15, 0.2) is 0 Å². The maximum atomic E-state index is 12.2. The average molecular weight is 266 g/mol. The molecule has 106 valence electrons. The van der Waals surface area contributed by atoms with Gasteiger partial charge in [0.25, 0.3) is 0 Å². The number of hydrogen-bond acceptors (Lipinski definition) is 2. The van der Waals surface area contributed by atoms with Crippen LogP contribution < -0.4 is 5.73 Å². The van der Waals surface area contributed by atoms with E-state index in [-0.39, 0.29) is 17.9 Å². The molecule has 2 N–H and O–H groups in total. The summed E-state index contributed by atoms with van der Waals surface area (Å²) in [6.07, 6.45) is -0.845. The van der Waals surface area contributed by atoms with Crippen molar-refractivity contribution < 1.29 is 18.0 Å². The van der Waals surface area contributed by atoms with Gasteiger partial charge in [-0.2, -0.15) is 13.2 Å². The number of amides is 1. The molecule has 0 aromatic carbocycles. The first-order chi connectivity index (χ1) is 8.20. The summed E-state index contributed by atoms with van der Waals surface area (Å²) in [5, 5.41) is 0. The Morgan fingerprint density at radius 1 is 1.44 bits per heavy atom. The molecule has 1 rings (SSSR count). The van der Waals surface area contributed by atoms with Gasteiger partial charge in [0.15, 0.2) is 0 Å². The summed E-state index contributed by atoms with van der Waals surface area (Å²) >= 11 is 0. The second-order valence-electron chi connectivity index (χ2n) is 5.28. The third-order valence-corrected chi connectivity index (χ3v) is 3.64. The molecule has 0 aliphatic heterocycles. The Morgan fingerprint density at radius 3 is 2.56 bits per heavy atom. The van der Waals surface area contributed by atoms with E-state index in [4.69, 9.17) is 5.73 Å². The van der Waals surface area contributed by atoms with Gasteiger partial charge in [0.1, 0.15) is 6.54 Å². The second kappa shape index (κ2) is 5.91. The average Bonchev–Trinajstić information content (AvgIpc) is 2.24. The van der Waals surface area contributed by atoms with Crippen LogP contribution in [0.2, 0.25) is 0 Å². The molecule has 0 aromatic rings. The van der Waals surface area contributed by atoms with Gasteiger partial charge in [-0.05, 0) is 25.2 Å². The third-order valence-electron chi connectivity index (χ3n) is 3.64. The van der Waals surface area contributed by atoms with Gasteiger partial charge in [-0.1, -0.05) is 13.3 Å². The molecule has 0 radical (unpaired) electrons. The topological polar surface area (TPSA) is 46.3 Å².